The van der Waals surface area contributed by atoms with Gasteiger partial charge in [0, 0.05) is 17.0 Å². The second kappa shape index (κ2) is 11.6. The van der Waals surface area contributed by atoms with E-state index < -0.39 is 0 Å². The topological polar surface area (TPSA) is 21.7 Å². The zero-order valence-corrected chi connectivity index (χ0v) is 21.4. The van der Waals surface area contributed by atoms with Gasteiger partial charge in [-0.1, -0.05) is 60.7 Å². The summed E-state index contributed by atoms with van der Waals surface area (Å²) in [7, 11) is 1.72. The van der Waals surface area contributed by atoms with E-state index in [0.29, 0.717) is 18.6 Å². The third-order valence-corrected chi connectivity index (χ3v) is 8.51. The van der Waals surface area contributed by atoms with Gasteiger partial charge in [0.1, 0.15) is 11.6 Å². The molecule has 3 aromatic carbocycles. The second-order valence-corrected chi connectivity index (χ2v) is 10.5. The highest BCUT2D eigenvalue weighted by Crippen LogP contribution is 2.42. The molecule has 0 bridgehead atoms. The molecule has 0 radical (unpaired) electrons. The maximum Gasteiger partial charge on any atom is 0.124 e. The van der Waals surface area contributed by atoms with Crippen LogP contribution in [0.2, 0.25) is 0 Å². The Morgan fingerprint density at radius 2 is 1.50 bits per heavy atom. The van der Waals surface area contributed by atoms with Crippen LogP contribution in [-0.2, 0) is 16.8 Å². The van der Waals surface area contributed by atoms with Crippen molar-refractivity contribution >= 4 is 0 Å². The van der Waals surface area contributed by atoms with E-state index in [-0.39, 0.29) is 11.2 Å². The molecule has 5 rings (SSSR count). The number of ether oxygens (including phenoxy) is 2. The van der Waals surface area contributed by atoms with Gasteiger partial charge in [-0.25, -0.2) is 4.39 Å². The molecule has 190 valence electrons. The summed E-state index contributed by atoms with van der Waals surface area (Å²) in [6.45, 7) is 3.57. The second-order valence-electron chi connectivity index (χ2n) is 10.5. The van der Waals surface area contributed by atoms with Gasteiger partial charge in [-0.05, 0) is 86.9 Å². The zero-order chi connectivity index (χ0) is 24.8. The summed E-state index contributed by atoms with van der Waals surface area (Å²) >= 11 is 0. The number of hydrogen-bond donors (Lipinski definition) is 0. The van der Waals surface area contributed by atoms with E-state index in [1.807, 2.05) is 30.3 Å². The molecule has 2 fully saturated rings. The Hall–Kier alpha value is -2.69. The first-order chi connectivity index (χ1) is 17.7. The first kappa shape index (κ1) is 25.0. The van der Waals surface area contributed by atoms with Gasteiger partial charge in [-0.3, -0.25) is 0 Å². The van der Waals surface area contributed by atoms with Crippen LogP contribution in [0.15, 0.2) is 78.9 Å². The monoisotopic (exact) mass is 487 g/mol. The number of hydrogen-bond acceptors (Lipinski definition) is 3. The molecule has 1 saturated heterocycles. The van der Waals surface area contributed by atoms with Gasteiger partial charge in [-0.2, -0.15) is 0 Å². The lowest BCUT2D eigenvalue weighted by Gasteiger charge is -2.45. The fourth-order valence-corrected chi connectivity index (χ4v) is 6.34. The number of methoxy groups -OCH3 is 1. The summed E-state index contributed by atoms with van der Waals surface area (Å²) in [6.07, 6.45) is 7.02. The molecule has 3 aromatic rings. The fourth-order valence-electron chi connectivity index (χ4n) is 6.34. The van der Waals surface area contributed by atoms with Crippen LogP contribution in [0.25, 0.3) is 0 Å². The Bertz CT molecular complexity index is 1080. The molecule has 0 unspecified atom stereocenters. The van der Waals surface area contributed by atoms with E-state index in [4.69, 9.17) is 9.47 Å². The number of benzene rings is 3. The first-order valence-electron chi connectivity index (χ1n) is 13.4. The van der Waals surface area contributed by atoms with Crippen LogP contribution in [0, 0.1) is 5.82 Å². The van der Waals surface area contributed by atoms with Crippen molar-refractivity contribution in [1.82, 2.24) is 4.90 Å². The first-order valence-corrected chi connectivity index (χ1v) is 13.4. The molecule has 0 spiro atoms. The van der Waals surface area contributed by atoms with Gasteiger partial charge in [0.05, 0.1) is 20.3 Å². The normalized spacial score (nSPS) is 23.4. The summed E-state index contributed by atoms with van der Waals surface area (Å²) in [5.41, 5.74) is 3.85. The number of rotatable bonds is 8. The van der Waals surface area contributed by atoms with Crippen LogP contribution >= 0.6 is 0 Å². The SMILES string of the molecule is COc1ccccc1COCC1(c2ccccc2)CCC(N2CCC(c3ccc(F)cc3)CC2)CC1. The fraction of sp³-hybridized carbons (Fsp3) is 0.438. The average Bonchev–Trinajstić information content (AvgIpc) is 2.95. The Morgan fingerprint density at radius 1 is 0.833 bits per heavy atom. The van der Waals surface area contributed by atoms with E-state index in [1.54, 1.807) is 19.2 Å². The number of nitrogens with zero attached hydrogens (tertiary/aromatic N) is 1. The van der Waals surface area contributed by atoms with Crippen LogP contribution < -0.4 is 4.74 Å². The van der Waals surface area contributed by atoms with Gasteiger partial charge in [0.15, 0.2) is 0 Å². The highest BCUT2D eigenvalue weighted by molar-refractivity contribution is 5.33. The van der Waals surface area contributed by atoms with Crippen LogP contribution in [0.1, 0.15) is 61.1 Å². The third kappa shape index (κ3) is 5.66. The smallest absolute Gasteiger partial charge is 0.124 e. The minimum absolute atomic E-state index is 0.0617. The quantitative estimate of drug-likeness (QED) is 0.338. The Kier molecular flexibility index (Phi) is 8.03. The summed E-state index contributed by atoms with van der Waals surface area (Å²) < 4.78 is 25.2. The maximum absolute atomic E-state index is 13.3. The molecule has 36 heavy (non-hydrogen) atoms. The summed E-state index contributed by atoms with van der Waals surface area (Å²) in [5, 5.41) is 0. The van der Waals surface area contributed by atoms with E-state index in [1.165, 1.54) is 24.0 Å². The summed E-state index contributed by atoms with van der Waals surface area (Å²) in [4.78, 5) is 2.71. The van der Waals surface area contributed by atoms with Crippen LogP contribution in [-0.4, -0.2) is 37.7 Å². The predicted octanol–water partition coefficient (Wildman–Crippen LogP) is 7.11. The largest absolute Gasteiger partial charge is 0.496 e. The number of piperidine rings is 1. The maximum atomic E-state index is 13.3. The molecule has 0 N–H and O–H groups in total. The molecule has 4 heteroatoms. The zero-order valence-electron chi connectivity index (χ0n) is 21.4. The number of para-hydroxylation sites is 1. The van der Waals surface area contributed by atoms with Crippen molar-refractivity contribution in [3.05, 3.63) is 101 Å². The van der Waals surface area contributed by atoms with E-state index in [2.05, 4.69) is 41.3 Å². The van der Waals surface area contributed by atoms with Gasteiger partial charge in [-0.15, -0.1) is 0 Å². The summed E-state index contributed by atoms with van der Waals surface area (Å²) in [6, 6.07) is 26.9. The highest BCUT2D eigenvalue weighted by atomic mass is 19.1. The van der Waals surface area contributed by atoms with Crippen molar-refractivity contribution < 1.29 is 13.9 Å². The molecule has 1 heterocycles. The van der Waals surface area contributed by atoms with Crippen molar-refractivity contribution in [1.29, 1.82) is 0 Å². The molecular formula is C32H38FNO2. The van der Waals surface area contributed by atoms with Crippen LogP contribution in [0.4, 0.5) is 4.39 Å². The molecular weight excluding hydrogens is 449 g/mol. The minimum atomic E-state index is -0.146. The molecule has 3 nitrogen and oxygen atoms in total. The van der Waals surface area contributed by atoms with Crippen molar-refractivity contribution in [3.8, 4) is 5.75 Å². The standard InChI is InChI=1S/C32H38FNO2/c1-35-31-10-6-5-7-27(31)23-36-24-32(28-8-3-2-4-9-28)19-15-30(16-20-32)34-21-17-26(18-22-34)25-11-13-29(33)14-12-25/h2-14,26,30H,15-24H2,1H3. The molecule has 1 aliphatic heterocycles. The molecule has 0 aromatic heterocycles. The number of halogens is 1. The van der Waals surface area contributed by atoms with Crippen molar-refractivity contribution in [3.63, 3.8) is 0 Å². The van der Waals surface area contributed by atoms with E-state index in [9.17, 15) is 4.39 Å². The Morgan fingerprint density at radius 3 is 2.19 bits per heavy atom. The molecule has 1 aliphatic carbocycles. The van der Waals surface area contributed by atoms with E-state index >= 15 is 0 Å². The van der Waals surface area contributed by atoms with Crippen molar-refractivity contribution in [2.45, 2.75) is 62.5 Å². The van der Waals surface area contributed by atoms with Gasteiger partial charge in [0.25, 0.3) is 0 Å². The van der Waals surface area contributed by atoms with Gasteiger partial charge < -0.3 is 14.4 Å². The lowest BCUT2D eigenvalue weighted by atomic mass is 9.68. The Balaban J connectivity index is 1.20. The predicted molar refractivity (Wildman–Crippen MR) is 143 cm³/mol. The lowest BCUT2D eigenvalue weighted by molar-refractivity contribution is 0.0296. The number of likely N-dealkylation sites (tertiary alicyclic amines) is 1. The minimum Gasteiger partial charge on any atom is -0.496 e. The Labute approximate surface area is 215 Å². The average molecular weight is 488 g/mol. The van der Waals surface area contributed by atoms with Gasteiger partial charge in [0.2, 0.25) is 0 Å². The molecule has 0 atom stereocenters. The van der Waals surface area contributed by atoms with Gasteiger partial charge >= 0.3 is 0 Å². The molecule has 1 saturated carbocycles. The van der Waals surface area contributed by atoms with E-state index in [0.717, 1.165) is 56.7 Å². The van der Waals surface area contributed by atoms with Crippen LogP contribution in [0.3, 0.4) is 0 Å². The highest BCUT2D eigenvalue weighted by Gasteiger charge is 2.39. The summed E-state index contributed by atoms with van der Waals surface area (Å²) in [5.74, 6) is 1.29. The van der Waals surface area contributed by atoms with Crippen LogP contribution in [0.5, 0.6) is 5.75 Å². The van der Waals surface area contributed by atoms with Crippen molar-refractivity contribution in [2.75, 3.05) is 26.8 Å². The van der Waals surface area contributed by atoms with Crippen molar-refractivity contribution in [2.24, 2.45) is 0 Å². The third-order valence-electron chi connectivity index (χ3n) is 8.51. The molecule has 2 aliphatic rings. The lowest BCUT2D eigenvalue weighted by Crippen LogP contribution is -2.46. The molecule has 0 amide bonds.